The molecule has 0 aliphatic heterocycles. The highest BCUT2D eigenvalue weighted by molar-refractivity contribution is 5.53. The predicted octanol–water partition coefficient (Wildman–Crippen LogP) is 2.06. The molecule has 1 aromatic rings. The number of anilines is 1. The summed E-state index contributed by atoms with van der Waals surface area (Å²) in [4.78, 5) is 0. The molecular formula is C10H9F3N2O2. The highest BCUT2D eigenvalue weighted by Crippen LogP contribution is 2.21. The van der Waals surface area contributed by atoms with Gasteiger partial charge in [-0.2, -0.15) is 5.26 Å². The summed E-state index contributed by atoms with van der Waals surface area (Å²) in [5.41, 5.74) is 5.97. The number of rotatable bonds is 4. The lowest BCUT2D eigenvalue weighted by molar-refractivity contribution is -0.325. The zero-order valence-corrected chi connectivity index (χ0v) is 8.62. The molecule has 0 atom stereocenters. The number of nitrogens with zero attached hydrogens (tertiary/aromatic N) is 1. The average molecular weight is 246 g/mol. The number of hydrogen-bond acceptors (Lipinski definition) is 4. The van der Waals surface area contributed by atoms with Crippen LogP contribution in [0.1, 0.15) is 5.56 Å². The molecule has 0 aliphatic rings. The molecule has 17 heavy (non-hydrogen) atoms. The second-order valence-corrected chi connectivity index (χ2v) is 3.01. The van der Waals surface area contributed by atoms with Crippen molar-refractivity contribution >= 4 is 5.69 Å². The molecule has 0 saturated heterocycles. The molecule has 0 aromatic heterocycles. The Labute approximate surface area is 95.3 Å². The minimum Gasteiger partial charge on any atom is -0.490 e. The fourth-order valence-corrected chi connectivity index (χ4v) is 1.07. The van der Waals surface area contributed by atoms with E-state index in [0.29, 0.717) is 5.69 Å². The van der Waals surface area contributed by atoms with E-state index in [1.807, 2.05) is 6.07 Å². The number of nitrogen functional groups attached to an aromatic ring is 1. The minimum atomic E-state index is -4.68. The van der Waals surface area contributed by atoms with E-state index >= 15 is 0 Å². The van der Waals surface area contributed by atoms with Crippen molar-refractivity contribution in [1.82, 2.24) is 0 Å². The van der Waals surface area contributed by atoms with Crippen LogP contribution in [0.15, 0.2) is 18.2 Å². The van der Waals surface area contributed by atoms with Crippen LogP contribution in [0.4, 0.5) is 18.9 Å². The first kappa shape index (κ1) is 13.1. The third-order valence-electron chi connectivity index (χ3n) is 1.73. The van der Waals surface area contributed by atoms with Crippen LogP contribution in [0.25, 0.3) is 0 Å². The molecule has 0 aliphatic carbocycles. The standard InChI is InChI=1S/C10H9F3N2O2/c11-10(12,13)17-4-3-16-9-2-1-8(15)5-7(9)6-14/h1-2,5H,3-4,15H2. The third-order valence-corrected chi connectivity index (χ3v) is 1.73. The molecule has 0 unspecified atom stereocenters. The van der Waals surface area contributed by atoms with Crippen LogP contribution >= 0.6 is 0 Å². The molecule has 0 amide bonds. The first-order chi connectivity index (χ1) is 7.92. The Morgan fingerprint density at radius 2 is 2.00 bits per heavy atom. The molecule has 4 nitrogen and oxygen atoms in total. The van der Waals surface area contributed by atoms with E-state index < -0.39 is 13.0 Å². The summed E-state index contributed by atoms with van der Waals surface area (Å²) in [6, 6.07) is 6.11. The molecular weight excluding hydrogens is 237 g/mol. The van der Waals surface area contributed by atoms with Crippen molar-refractivity contribution in [3.63, 3.8) is 0 Å². The van der Waals surface area contributed by atoms with Gasteiger partial charge in [-0.3, -0.25) is 4.74 Å². The number of nitrogens with two attached hydrogens (primary N) is 1. The molecule has 0 bridgehead atoms. The summed E-state index contributed by atoms with van der Waals surface area (Å²) in [6.07, 6.45) is -4.68. The summed E-state index contributed by atoms with van der Waals surface area (Å²) in [5.74, 6) is 0.174. The van der Waals surface area contributed by atoms with Crippen molar-refractivity contribution in [1.29, 1.82) is 5.26 Å². The molecule has 0 spiro atoms. The quantitative estimate of drug-likeness (QED) is 0.652. The van der Waals surface area contributed by atoms with Crippen LogP contribution in [0.5, 0.6) is 5.75 Å². The number of halogens is 3. The number of alkyl halides is 3. The number of hydrogen-bond donors (Lipinski definition) is 1. The zero-order chi connectivity index (χ0) is 12.9. The summed E-state index contributed by atoms with van der Waals surface area (Å²) in [7, 11) is 0. The van der Waals surface area contributed by atoms with Gasteiger partial charge in [0.15, 0.2) is 0 Å². The van der Waals surface area contributed by atoms with E-state index in [9.17, 15) is 13.2 Å². The topological polar surface area (TPSA) is 68.3 Å². The van der Waals surface area contributed by atoms with E-state index in [-0.39, 0.29) is 17.9 Å². The zero-order valence-electron chi connectivity index (χ0n) is 8.62. The number of ether oxygens (including phenoxy) is 2. The van der Waals surface area contributed by atoms with Crippen molar-refractivity contribution in [3.8, 4) is 11.8 Å². The van der Waals surface area contributed by atoms with Gasteiger partial charge in [-0.15, -0.1) is 13.2 Å². The summed E-state index contributed by atoms with van der Waals surface area (Å²) >= 11 is 0. The molecule has 1 aromatic carbocycles. The van der Waals surface area contributed by atoms with E-state index in [1.54, 1.807) is 0 Å². The maximum atomic E-state index is 11.6. The Kier molecular flexibility index (Phi) is 4.17. The van der Waals surface area contributed by atoms with Gasteiger partial charge < -0.3 is 10.5 Å². The van der Waals surface area contributed by atoms with Crippen molar-refractivity contribution in [3.05, 3.63) is 23.8 Å². The van der Waals surface area contributed by atoms with Crippen molar-refractivity contribution in [2.24, 2.45) is 0 Å². The van der Waals surface area contributed by atoms with E-state index in [0.717, 1.165) is 0 Å². The number of benzene rings is 1. The van der Waals surface area contributed by atoms with Crippen LogP contribution < -0.4 is 10.5 Å². The lowest BCUT2D eigenvalue weighted by Crippen LogP contribution is -2.18. The van der Waals surface area contributed by atoms with Gasteiger partial charge in [-0.05, 0) is 18.2 Å². The summed E-state index contributed by atoms with van der Waals surface area (Å²) in [6.45, 7) is -0.948. The highest BCUT2D eigenvalue weighted by Gasteiger charge is 2.28. The smallest absolute Gasteiger partial charge is 0.490 e. The van der Waals surface area contributed by atoms with E-state index in [2.05, 4.69) is 4.74 Å². The molecule has 0 fully saturated rings. The normalized spacial score (nSPS) is 10.9. The molecule has 92 valence electrons. The van der Waals surface area contributed by atoms with Gasteiger partial charge in [0.1, 0.15) is 18.4 Å². The molecule has 0 saturated carbocycles. The predicted molar refractivity (Wildman–Crippen MR) is 53.1 cm³/mol. The van der Waals surface area contributed by atoms with Gasteiger partial charge in [0, 0.05) is 5.69 Å². The Bertz CT molecular complexity index is 427. The van der Waals surface area contributed by atoms with Gasteiger partial charge in [-0.25, -0.2) is 0 Å². The van der Waals surface area contributed by atoms with Gasteiger partial charge >= 0.3 is 6.36 Å². The van der Waals surface area contributed by atoms with Crippen molar-refractivity contribution < 1.29 is 22.6 Å². The second kappa shape index (κ2) is 5.41. The van der Waals surface area contributed by atoms with Crippen molar-refractivity contribution in [2.45, 2.75) is 6.36 Å². The molecule has 0 heterocycles. The Balaban J connectivity index is 2.50. The van der Waals surface area contributed by atoms with E-state index in [4.69, 9.17) is 15.7 Å². The van der Waals surface area contributed by atoms with Crippen LogP contribution in [0.2, 0.25) is 0 Å². The lowest BCUT2D eigenvalue weighted by atomic mass is 10.2. The average Bonchev–Trinajstić information content (AvgIpc) is 2.24. The molecule has 1 rings (SSSR count). The highest BCUT2D eigenvalue weighted by atomic mass is 19.4. The largest absolute Gasteiger partial charge is 0.522 e. The Morgan fingerprint density at radius 1 is 1.29 bits per heavy atom. The molecule has 2 N–H and O–H groups in total. The van der Waals surface area contributed by atoms with Crippen LogP contribution in [0.3, 0.4) is 0 Å². The fraction of sp³-hybridized carbons (Fsp3) is 0.300. The van der Waals surface area contributed by atoms with Gasteiger partial charge in [-0.1, -0.05) is 0 Å². The maximum Gasteiger partial charge on any atom is 0.522 e. The van der Waals surface area contributed by atoms with Crippen LogP contribution in [-0.4, -0.2) is 19.6 Å². The summed E-state index contributed by atoms with van der Waals surface area (Å²) < 4.78 is 43.4. The van der Waals surface area contributed by atoms with Crippen LogP contribution in [0, 0.1) is 11.3 Å². The van der Waals surface area contributed by atoms with E-state index in [1.165, 1.54) is 18.2 Å². The Morgan fingerprint density at radius 3 is 2.59 bits per heavy atom. The first-order valence-corrected chi connectivity index (χ1v) is 4.55. The maximum absolute atomic E-state index is 11.6. The van der Waals surface area contributed by atoms with Crippen LogP contribution in [-0.2, 0) is 4.74 Å². The lowest BCUT2D eigenvalue weighted by Gasteiger charge is -2.10. The van der Waals surface area contributed by atoms with Crippen molar-refractivity contribution in [2.75, 3.05) is 18.9 Å². The Hall–Kier alpha value is -1.94. The number of nitriles is 1. The molecule has 0 radical (unpaired) electrons. The summed E-state index contributed by atoms with van der Waals surface area (Å²) in [5, 5.41) is 8.73. The SMILES string of the molecule is N#Cc1cc(N)ccc1OCCOC(F)(F)F. The molecule has 7 heteroatoms. The minimum absolute atomic E-state index is 0.164. The third kappa shape index (κ3) is 4.61. The monoisotopic (exact) mass is 246 g/mol. The van der Waals surface area contributed by atoms with Gasteiger partial charge in [0.05, 0.1) is 12.2 Å². The van der Waals surface area contributed by atoms with Gasteiger partial charge in [0.2, 0.25) is 0 Å². The fourth-order valence-electron chi connectivity index (χ4n) is 1.07. The second-order valence-electron chi connectivity index (χ2n) is 3.01. The van der Waals surface area contributed by atoms with Gasteiger partial charge in [0.25, 0.3) is 0 Å². The first-order valence-electron chi connectivity index (χ1n) is 4.55.